The van der Waals surface area contributed by atoms with Gasteiger partial charge in [0.15, 0.2) is 0 Å². The van der Waals surface area contributed by atoms with Crippen molar-refractivity contribution in [1.29, 1.82) is 0 Å². The maximum Gasteiger partial charge on any atom is 0.384 e. The minimum absolute atomic E-state index is 0.346. The Balaban J connectivity index is 2.91. The van der Waals surface area contributed by atoms with Crippen molar-refractivity contribution >= 4 is 11.9 Å². The van der Waals surface area contributed by atoms with Gasteiger partial charge in [-0.15, -0.1) is 0 Å². The van der Waals surface area contributed by atoms with E-state index in [0.717, 1.165) is 12.8 Å². The molecule has 4 nitrogen and oxygen atoms in total. The maximum absolute atomic E-state index is 11.8. The van der Waals surface area contributed by atoms with Gasteiger partial charge in [0.1, 0.15) is 0 Å². The molecular weight excluding hydrogens is 268 g/mol. The Bertz CT molecular complexity index is 487. The second-order valence-electron chi connectivity index (χ2n) is 7.28. The van der Waals surface area contributed by atoms with Crippen molar-refractivity contribution in [3.63, 3.8) is 0 Å². The average Bonchev–Trinajstić information content (AvgIpc) is 2.84. The standard InChI is InChI=1S/C17H26O4/c1-7-8-11-21-13(18)10-9-12-16(5,6)17(12,14(19)20)15(2,3)4/h12H,7-8,11H2,1-6H3,(H,19,20)/t12-,17+/m0/s1. The normalized spacial score (nSPS) is 26.5. The van der Waals surface area contributed by atoms with Gasteiger partial charge < -0.3 is 9.84 Å². The van der Waals surface area contributed by atoms with Crippen molar-refractivity contribution in [2.24, 2.45) is 22.2 Å². The molecule has 1 aliphatic rings. The Morgan fingerprint density at radius 2 is 1.86 bits per heavy atom. The van der Waals surface area contributed by atoms with Gasteiger partial charge in [-0.2, -0.15) is 0 Å². The first-order valence-electron chi connectivity index (χ1n) is 7.45. The highest BCUT2D eigenvalue weighted by atomic mass is 16.5. The van der Waals surface area contributed by atoms with Crippen molar-refractivity contribution in [3.8, 4) is 11.8 Å². The molecule has 0 unspecified atom stereocenters. The number of rotatable bonds is 4. The van der Waals surface area contributed by atoms with E-state index in [-0.39, 0.29) is 5.92 Å². The van der Waals surface area contributed by atoms with Crippen LogP contribution >= 0.6 is 0 Å². The second-order valence-corrected chi connectivity index (χ2v) is 7.28. The third kappa shape index (κ3) is 2.79. The van der Waals surface area contributed by atoms with Crippen molar-refractivity contribution in [1.82, 2.24) is 0 Å². The summed E-state index contributed by atoms with van der Waals surface area (Å²) in [6.45, 7) is 11.9. The van der Waals surface area contributed by atoms with E-state index >= 15 is 0 Å². The summed E-state index contributed by atoms with van der Waals surface area (Å²) in [4.78, 5) is 23.4. The maximum atomic E-state index is 11.8. The topological polar surface area (TPSA) is 63.6 Å². The fourth-order valence-corrected chi connectivity index (χ4v) is 3.65. The summed E-state index contributed by atoms with van der Waals surface area (Å²) in [6, 6.07) is 0. The summed E-state index contributed by atoms with van der Waals surface area (Å²) in [5.74, 6) is 3.55. The van der Waals surface area contributed by atoms with Crippen molar-refractivity contribution < 1.29 is 19.4 Å². The highest BCUT2D eigenvalue weighted by Gasteiger charge is 2.80. The quantitative estimate of drug-likeness (QED) is 0.374. The van der Waals surface area contributed by atoms with Gasteiger partial charge in [-0.25, -0.2) is 4.79 Å². The molecule has 0 aromatic rings. The van der Waals surface area contributed by atoms with E-state index in [9.17, 15) is 14.7 Å². The Labute approximate surface area is 127 Å². The van der Waals surface area contributed by atoms with Crippen LogP contribution in [0.25, 0.3) is 0 Å². The lowest BCUT2D eigenvalue weighted by Crippen LogP contribution is -2.35. The minimum atomic E-state index is -0.934. The van der Waals surface area contributed by atoms with Crippen molar-refractivity contribution in [2.75, 3.05) is 6.61 Å². The average molecular weight is 294 g/mol. The molecule has 0 amide bonds. The number of hydrogen-bond acceptors (Lipinski definition) is 3. The smallest absolute Gasteiger partial charge is 0.384 e. The first-order valence-corrected chi connectivity index (χ1v) is 7.45. The van der Waals surface area contributed by atoms with Crippen LogP contribution in [0, 0.1) is 34.0 Å². The first-order chi connectivity index (χ1) is 9.53. The van der Waals surface area contributed by atoms with Crippen LogP contribution in [0.15, 0.2) is 0 Å². The zero-order chi connectivity index (χ0) is 16.5. The van der Waals surface area contributed by atoms with Gasteiger partial charge in [-0.05, 0) is 17.3 Å². The van der Waals surface area contributed by atoms with Crippen LogP contribution in [0.4, 0.5) is 0 Å². The molecule has 0 aromatic carbocycles. The van der Waals surface area contributed by atoms with Crippen LogP contribution in [0.3, 0.4) is 0 Å². The number of carbonyl (C=O) groups excluding carboxylic acids is 1. The number of carbonyl (C=O) groups is 2. The molecule has 0 aliphatic heterocycles. The monoisotopic (exact) mass is 294 g/mol. The molecule has 1 rings (SSSR count). The minimum Gasteiger partial charge on any atom is -0.481 e. The Morgan fingerprint density at radius 1 is 1.29 bits per heavy atom. The summed E-state index contributed by atoms with van der Waals surface area (Å²) >= 11 is 0. The summed E-state index contributed by atoms with van der Waals surface area (Å²) in [5, 5.41) is 9.70. The number of esters is 1. The lowest BCUT2D eigenvalue weighted by molar-refractivity contribution is -0.150. The predicted molar refractivity (Wildman–Crippen MR) is 80.4 cm³/mol. The van der Waals surface area contributed by atoms with Gasteiger partial charge in [0.25, 0.3) is 0 Å². The van der Waals surface area contributed by atoms with Crippen LogP contribution in [0.1, 0.15) is 54.4 Å². The molecule has 0 saturated heterocycles. The molecule has 0 spiro atoms. The summed E-state index contributed by atoms with van der Waals surface area (Å²) in [5.41, 5.74) is -1.84. The van der Waals surface area contributed by atoms with E-state index in [2.05, 4.69) is 11.8 Å². The van der Waals surface area contributed by atoms with Crippen LogP contribution in [0.5, 0.6) is 0 Å². The van der Waals surface area contributed by atoms with Crippen LogP contribution in [-0.2, 0) is 14.3 Å². The summed E-state index contributed by atoms with van der Waals surface area (Å²) < 4.78 is 4.98. The van der Waals surface area contributed by atoms with Crippen molar-refractivity contribution in [3.05, 3.63) is 0 Å². The van der Waals surface area contributed by atoms with Crippen LogP contribution in [-0.4, -0.2) is 23.7 Å². The largest absolute Gasteiger partial charge is 0.481 e. The van der Waals surface area contributed by atoms with E-state index in [1.165, 1.54) is 0 Å². The number of aliphatic carboxylic acids is 1. The lowest BCUT2D eigenvalue weighted by atomic mass is 9.72. The molecule has 0 aromatic heterocycles. The fraction of sp³-hybridized carbons (Fsp3) is 0.765. The highest BCUT2D eigenvalue weighted by Crippen LogP contribution is 2.75. The molecule has 1 N–H and O–H groups in total. The van der Waals surface area contributed by atoms with Crippen LogP contribution < -0.4 is 0 Å². The van der Waals surface area contributed by atoms with Gasteiger partial charge in [0, 0.05) is 11.8 Å². The van der Waals surface area contributed by atoms with Gasteiger partial charge in [-0.1, -0.05) is 53.9 Å². The molecule has 1 fully saturated rings. The lowest BCUT2D eigenvalue weighted by Gasteiger charge is -2.30. The van der Waals surface area contributed by atoms with Gasteiger partial charge in [0.05, 0.1) is 12.0 Å². The molecule has 118 valence electrons. The third-order valence-electron chi connectivity index (χ3n) is 4.66. The molecule has 21 heavy (non-hydrogen) atoms. The van der Waals surface area contributed by atoms with Crippen LogP contribution in [0.2, 0.25) is 0 Å². The fourth-order valence-electron chi connectivity index (χ4n) is 3.65. The van der Waals surface area contributed by atoms with E-state index in [1.807, 2.05) is 41.5 Å². The molecule has 4 heteroatoms. The van der Waals surface area contributed by atoms with Gasteiger partial charge in [0.2, 0.25) is 0 Å². The van der Waals surface area contributed by atoms with E-state index < -0.39 is 28.2 Å². The van der Waals surface area contributed by atoms with Gasteiger partial charge in [-0.3, -0.25) is 4.79 Å². The molecule has 1 saturated carbocycles. The number of unbranched alkanes of at least 4 members (excludes halogenated alkanes) is 1. The Hall–Kier alpha value is -1.50. The molecular formula is C17H26O4. The number of carboxylic acids is 1. The molecule has 0 radical (unpaired) electrons. The van der Waals surface area contributed by atoms with E-state index in [4.69, 9.17) is 4.74 Å². The summed E-state index contributed by atoms with van der Waals surface area (Å²) in [7, 11) is 0. The van der Waals surface area contributed by atoms with E-state index in [0.29, 0.717) is 6.61 Å². The highest BCUT2D eigenvalue weighted by molar-refractivity contribution is 5.90. The van der Waals surface area contributed by atoms with E-state index in [1.54, 1.807) is 0 Å². The Kier molecular flexibility index (Phi) is 4.77. The summed E-state index contributed by atoms with van der Waals surface area (Å²) in [6.07, 6.45) is 1.76. The number of carboxylic acid groups (broad SMARTS) is 1. The van der Waals surface area contributed by atoms with Gasteiger partial charge >= 0.3 is 11.9 Å². The SMILES string of the molecule is CCCCOC(=O)C#C[C@H]1C(C)(C)[C@]1(C(=O)O)C(C)(C)C. The number of ether oxygens (including phenoxy) is 1. The third-order valence-corrected chi connectivity index (χ3v) is 4.66. The molecule has 0 heterocycles. The first kappa shape index (κ1) is 17.6. The zero-order valence-electron chi connectivity index (χ0n) is 13.9. The second kappa shape index (κ2) is 5.71. The number of hydrogen-bond donors (Lipinski definition) is 1. The van der Waals surface area contributed by atoms with Crippen molar-refractivity contribution in [2.45, 2.75) is 54.4 Å². The predicted octanol–water partition coefficient (Wildman–Crippen LogP) is 3.11. The zero-order valence-corrected chi connectivity index (χ0v) is 13.9. The molecule has 0 bridgehead atoms. The Morgan fingerprint density at radius 3 is 2.24 bits per heavy atom. The molecule has 1 aliphatic carbocycles. The molecule has 2 atom stereocenters.